The predicted molar refractivity (Wildman–Crippen MR) is 121 cm³/mol. The molecule has 0 N–H and O–H groups in total. The highest BCUT2D eigenvalue weighted by Gasteiger charge is 2.18. The second-order valence-electron chi connectivity index (χ2n) is 8.12. The number of rotatable bonds is 20. The van der Waals surface area contributed by atoms with Crippen LogP contribution in [0.4, 0.5) is 0 Å². The van der Waals surface area contributed by atoms with E-state index in [0.717, 1.165) is 64.2 Å². The summed E-state index contributed by atoms with van der Waals surface area (Å²) in [6.45, 7) is 5.88. The highest BCUT2D eigenvalue weighted by atomic mass is 35.5. The van der Waals surface area contributed by atoms with Crippen LogP contribution in [-0.4, -0.2) is 29.9 Å². The van der Waals surface area contributed by atoms with E-state index in [2.05, 4.69) is 6.92 Å². The van der Waals surface area contributed by atoms with Gasteiger partial charge in [0.05, 0.1) is 6.61 Å². The molecule has 0 aromatic carbocycles. The lowest BCUT2D eigenvalue weighted by atomic mass is 9.94. The topological polar surface area (TPSA) is 69.7 Å². The van der Waals surface area contributed by atoms with Crippen LogP contribution in [-0.2, 0) is 23.9 Å². The molecule has 0 heterocycles. The Labute approximate surface area is 188 Å². The lowest BCUT2D eigenvalue weighted by Crippen LogP contribution is -2.17. The highest BCUT2D eigenvalue weighted by molar-refractivity contribution is 6.63. The fraction of sp³-hybridized carbons (Fsp3) is 0.875. The quantitative estimate of drug-likeness (QED) is 0.118. The van der Waals surface area contributed by atoms with Gasteiger partial charge in [-0.3, -0.25) is 14.4 Å². The fourth-order valence-corrected chi connectivity index (χ4v) is 3.90. The molecule has 0 rings (SSSR count). The average molecular weight is 447 g/mol. The minimum atomic E-state index is -0.273. The second-order valence-corrected chi connectivity index (χ2v) is 8.50. The van der Waals surface area contributed by atoms with Crippen molar-refractivity contribution in [3.05, 3.63) is 0 Å². The number of hydrogen-bond acceptors (Lipinski definition) is 5. The standard InChI is InChI=1S/C24H43ClO5/c1-4-6-7-8-12-17-22(30-20(3)26)18-14-16-21(24(25)28)15-11-9-10-13-19-23(27)29-5-2/h21-22H,4-19H2,1-3H3. The van der Waals surface area contributed by atoms with E-state index >= 15 is 0 Å². The third kappa shape index (κ3) is 17.7. The SMILES string of the molecule is CCCCCCCC(CCCC(CCCCCCC(=O)OCC)C(=O)Cl)OC(C)=O. The summed E-state index contributed by atoms with van der Waals surface area (Å²) in [7, 11) is 0. The Kier molecular flexibility index (Phi) is 19.1. The first-order valence-electron chi connectivity index (χ1n) is 11.9. The molecule has 0 aliphatic heterocycles. The largest absolute Gasteiger partial charge is 0.466 e. The zero-order valence-electron chi connectivity index (χ0n) is 19.4. The highest BCUT2D eigenvalue weighted by Crippen LogP contribution is 2.22. The third-order valence-corrected chi connectivity index (χ3v) is 5.66. The Bertz CT molecular complexity index is 467. The van der Waals surface area contributed by atoms with Crippen molar-refractivity contribution < 1.29 is 23.9 Å². The molecule has 0 saturated heterocycles. The maximum absolute atomic E-state index is 11.8. The van der Waals surface area contributed by atoms with Crippen LogP contribution in [0.25, 0.3) is 0 Å². The van der Waals surface area contributed by atoms with Crippen molar-refractivity contribution in [2.45, 2.75) is 123 Å². The van der Waals surface area contributed by atoms with Gasteiger partial charge in [0.1, 0.15) is 6.10 Å². The lowest BCUT2D eigenvalue weighted by molar-refractivity contribution is -0.147. The summed E-state index contributed by atoms with van der Waals surface area (Å²) in [5, 5.41) is -0.273. The Morgan fingerprint density at radius 3 is 1.93 bits per heavy atom. The number of halogens is 1. The van der Waals surface area contributed by atoms with Gasteiger partial charge in [0.2, 0.25) is 5.24 Å². The van der Waals surface area contributed by atoms with Crippen LogP contribution in [0.5, 0.6) is 0 Å². The summed E-state index contributed by atoms with van der Waals surface area (Å²) in [6.07, 6.45) is 14.0. The number of esters is 2. The van der Waals surface area contributed by atoms with Gasteiger partial charge in [0.15, 0.2) is 0 Å². The van der Waals surface area contributed by atoms with Crippen LogP contribution in [0, 0.1) is 5.92 Å². The first kappa shape index (κ1) is 28.9. The molecule has 30 heavy (non-hydrogen) atoms. The van der Waals surface area contributed by atoms with E-state index in [-0.39, 0.29) is 29.2 Å². The monoisotopic (exact) mass is 446 g/mol. The minimum Gasteiger partial charge on any atom is -0.466 e. The van der Waals surface area contributed by atoms with E-state index < -0.39 is 0 Å². The van der Waals surface area contributed by atoms with Gasteiger partial charge >= 0.3 is 11.9 Å². The third-order valence-electron chi connectivity index (χ3n) is 5.35. The normalized spacial score (nSPS) is 12.9. The molecule has 0 fully saturated rings. The lowest BCUT2D eigenvalue weighted by Gasteiger charge is -2.18. The summed E-state index contributed by atoms with van der Waals surface area (Å²) >= 11 is 5.81. The molecule has 6 heteroatoms. The van der Waals surface area contributed by atoms with Crippen LogP contribution in [0.15, 0.2) is 0 Å². The molecule has 176 valence electrons. The molecule has 2 atom stereocenters. The first-order valence-corrected chi connectivity index (χ1v) is 12.3. The Hall–Kier alpha value is -1.10. The zero-order chi connectivity index (χ0) is 22.6. The van der Waals surface area contributed by atoms with Crippen LogP contribution in [0.2, 0.25) is 0 Å². The first-order chi connectivity index (χ1) is 14.4. The van der Waals surface area contributed by atoms with Gasteiger partial charge in [-0.1, -0.05) is 51.9 Å². The number of carbonyl (C=O) groups is 3. The molecule has 0 amide bonds. The Morgan fingerprint density at radius 2 is 1.33 bits per heavy atom. The van der Waals surface area contributed by atoms with Gasteiger partial charge in [0.25, 0.3) is 0 Å². The Balaban J connectivity index is 4.09. The molecule has 0 aliphatic carbocycles. The van der Waals surface area contributed by atoms with Gasteiger partial charge in [0, 0.05) is 19.3 Å². The fourth-order valence-electron chi connectivity index (χ4n) is 3.68. The summed E-state index contributed by atoms with van der Waals surface area (Å²) < 4.78 is 10.4. The summed E-state index contributed by atoms with van der Waals surface area (Å²) in [4.78, 5) is 34.5. The molecule has 0 radical (unpaired) electrons. The molecule has 0 spiro atoms. The molecular weight excluding hydrogens is 404 g/mol. The van der Waals surface area contributed by atoms with E-state index in [4.69, 9.17) is 21.1 Å². The number of ether oxygens (including phenoxy) is 2. The van der Waals surface area contributed by atoms with Crippen molar-refractivity contribution in [3.63, 3.8) is 0 Å². The van der Waals surface area contributed by atoms with Gasteiger partial charge in [-0.25, -0.2) is 0 Å². The molecule has 5 nitrogen and oxygen atoms in total. The Morgan fingerprint density at radius 1 is 0.767 bits per heavy atom. The van der Waals surface area contributed by atoms with E-state index in [1.165, 1.54) is 32.6 Å². The predicted octanol–water partition coefficient (Wildman–Crippen LogP) is 6.73. The smallest absolute Gasteiger partial charge is 0.305 e. The molecule has 0 aromatic rings. The zero-order valence-corrected chi connectivity index (χ0v) is 20.1. The number of unbranched alkanes of at least 4 members (excludes halogenated alkanes) is 7. The maximum atomic E-state index is 11.8. The van der Waals surface area contributed by atoms with Crippen LogP contribution in [0.3, 0.4) is 0 Å². The molecule has 0 saturated carbocycles. The molecule has 0 aliphatic rings. The van der Waals surface area contributed by atoms with Crippen molar-refractivity contribution in [2.24, 2.45) is 5.92 Å². The van der Waals surface area contributed by atoms with E-state index in [1.54, 1.807) is 0 Å². The van der Waals surface area contributed by atoms with Gasteiger partial charge in [-0.15, -0.1) is 0 Å². The van der Waals surface area contributed by atoms with Crippen LogP contribution >= 0.6 is 11.6 Å². The molecular formula is C24H43ClO5. The summed E-state index contributed by atoms with van der Waals surface area (Å²) in [6, 6.07) is 0. The maximum Gasteiger partial charge on any atom is 0.305 e. The molecule has 2 unspecified atom stereocenters. The van der Waals surface area contributed by atoms with Gasteiger partial charge < -0.3 is 9.47 Å². The van der Waals surface area contributed by atoms with E-state index in [0.29, 0.717) is 13.0 Å². The van der Waals surface area contributed by atoms with E-state index in [9.17, 15) is 14.4 Å². The van der Waals surface area contributed by atoms with E-state index in [1.807, 2.05) is 6.92 Å². The van der Waals surface area contributed by atoms with Gasteiger partial charge in [-0.05, 0) is 63.5 Å². The van der Waals surface area contributed by atoms with Crippen molar-refractivity contribution in [1.82, 2.24) is 0 Å². The summed E-state index contributed by atoms with van der Waals surface area (Å²) in [5.41, 5.74) is 0. The van der Waals surface area contributed by atoms with Crippen molar-refractivity contribution in [1.29, 1.82) is 0 Å². The van der Waals surface area contributed by atoms with Crippen molar-refractivity contribution in [3.8, 4) is 0 Å². The number of carbonyl (C=O) groups excluding carboxylic acids is 3. The van der Waals surface area contributed by atoms with Gasteiger partial charge in [-0.2, -0.15) is 0 Å². The summed E-state index contributed by atoms with van der Waals surface area (Å²) in [5.74, 6) is -0.514. The minimum absolute atomic E-state index is 0.0573. The molecule has 0 aromatic heterocycles. The molecule has 0 bridgehead atoms. The van der Waals surface area contributed by atoms with Crippen molar-refractivity contribution >= 4 is 28.8 Å². The van der Waals surface area contributed by atoms with Crippen LogP contribution < -0.4 is 0 Å². The second kappa shape index (κ2) is 19.8. The number of hydrogen-bond donors (Lipinski definition) is 0. The van der Waals surface area contributed by atoms with Crippen LogP contribution in [0.1, 0.15) is 117 Å². The average Bonchev–Trinajstić information content (AvgIpc) is 2.68. The van der Waals surface area contributed by atoms with Crippen molar-refractivity contribution in [2.75, 3.05) is 6.61 Å².